The topological polar surface area (TPSA) is 81.4 Å². The lowest BCUT2D eigenvalue weighted by Crippen LogP contribution is -2.36. The molecular formula is C11H14N2O3. The highest BCUT2D eigenvalue weighted by Crippen LogP contribution is 2.10. The molecule has 0 atom stereocenters. The molecule has 0 fully saturated rings. The molecule has 3 N–H and O–H groups in total. The fourth-order valence-electron chi connectivity index (χ4n) is 1.02. The number of nitrogens with one attached hydrogen (secondary N) is 1. The van der Waals surface area contributed by atoms with Gasteiger partial charge in [0.1, 0.15) is 5.75 Å². The Morgan fingerprint density at radius 2 is 1.94 bits per heavy atom. The van der Waals surface area contributed by atoms with Gasteiger partial charge in [-0.1, -0.05) is 17.7 Å². The van der Waals surface area contributed by atoms with Crippen LogP contribution in [0.1, 0.15) is 5.56 Å². The molecule has 16 heavy (non-hydrogen) atoms. The summed E-state index contributed by atoms with van der Waals surface area (Å²) in [6.45, 7) is 1.66. The van der Waals surface area contributed by atoms with Gasteiger partial charge in [-0.2, -0.15) is 0 Å². The second kappa shape index (κ2) is 5.75. The average Bonchev–Trinajstić information content (AvgIpc) is 2.25. The predicted octanol–water partition coefficient (Wildman–Crippen LogP) is -0.0247. The van der Waals surface area contributed by atoms with Crippen molar-refractivity contribution in [3.8, 4) is 5.75 Å². The number of amides is 2. The van der Waals surface area contributed by atoms with Crippen LogP contribution in [-0.2, 0) is 9.59 Å². The second-order valence-corrected chi connectivity index (χ2v) is 3.34. The molecule has 0 bridgehead atoms. The van der Waals surface area contributed by atoms with Gasteiger partial charge in [-0.3, -0.25) is 9.59 Å². The smallest absolute Gasteiger partial charge is 0.258 e. The molecule has 0 radical (unpaired) electrons. The van der Waals surface area contributed by atoms with Crippen molar-refractivity contribution in [1.29, 1.82) is 0 Å². The number of benzene rings is 1. The molecule has 0 aliphatic carbocycles. The summed E-state index contributed by atoms with van der Waals surface area (Å²) in [5.41, 5.74) is 5.99. The van der Waals surface area contributed by atoms with Crippen LogP contribution in [0.5, 0.6) is 5.75 Å². The van der Waals surface area contributed by atoms with Crippen molar-refractivity contribution in [2.45, 2.75) is 6.92 Å². The average molecular weight is 222 g/mol. The molecule has 86 valence electrons. The number of hydrogen-bond acceptors (Lipinski definition) is 3. The predicted molar refractivity (Wildman–Crippen MR) is 58.9 cm³/mol. The van der Waals surface area contributed by atoms with E-state index in [1.165, 1.54) is 0 Å². The Kier molecular flexibility index (Phi) is 4.32. The van der Waals surface area contributed by atoms with E-state index < -0.39 is 5.91 Å². The van der Waals surface area contributed by atoms with Crippen molar-refractivity contribution in [2.75, 3.05) is 13.2 Å². The third-order valence-electron chi connectivity index (χ3n) is 1.85. The molecular weight excluding hydrogens is 208 g/mol. The minimum atomic E-state index is -0.580. The van der Waals surface area contributed by atoms with E-state index in [2.05, 4.69) is 5.32 Å². The van der Waals surface area contributed by atoms with E-state index in [0.717, 1.165) is 5.56 Å². The summed E-state index contributed by atoms with van der Waals surface area (Å²) in [6.07, 6.45) is 0. The van der Waals surface area contributed by atoms with Crippen molar-refractivity contribution in [2.24, 2.45) is 5.73 Å². The van der Waals surface area contributed by atoms with Crippen molar-refractivity contribution < 1.29 is 14.3 Å². The molecule has 0 saturated heterocycles. The first-order valence-corrected chi connectivity index (χ1v) is 4.82. The minimum Gasteiger partial charge on any atom is -0.484 e. The number of carbonyl (C=O) groups excluding carboxylic acids is 2. The quantitative estimate of drug-likeness (QED) is 0.734. The van der Waals surface area contributed by atoms with Gasteiger partial charge in [-0.15, -0.1) is 0 Å². The summed E-state index contributed by atoms with van der Waals surface area (Å²) in [5, 5.41) is 2.33. The molecule has 0 aliphatic rings. The molecule has 5 heteroatoms. The maximum absolute atomic E-state index is 11.1. The zero-order valence-electron chi connectivity index (χ0n) is 9.03. The number of ether oxygens (including phenoxy) is 1. The van der Waals surface area contributed by atoms with Crippen LogP contribution in [0.15, 0.2) is 24.3 Å². The maximum atomic E-state index is 11.1. The molecule has 1 aromatic rings. The molecule has 0 aromatic heterocycles. The standard InChI is InChI=1S/C11H14N2O3/c1-8-2-4-9(5-3-8)16-7-11(15)13-6-10(12)14/h2-5H,6-7H2,1H3,(H2,12,14)(H,13,15). The Morgan fingerprint density at radius 1 is 1.31 bits per heavy atom. The molecule has 0 aliphatic heterocycles. The van der Waals surface area contributed by atoms with Crippen molar-refractivity contribution >= 4 is 11.8 Å². The van der Waals surface area contributed by atoms with Crippen LogP contribution in [0.25, 0.3) is 0 Å². The highest BCUT2D eigenvalue weighted by atomic mass is 16.5. The van der Waals surface area contributed by atoms with Gasteiger partial charge >= 0.3 is 0 Å². The first-order chi connectivity index (χ1) is 7.58. The van der Waals surface area contributed by atoms with Crippen molar-refractivity contribution in [3.63, 3.8) is 0 Å². The Hall–Kier alpha value is -2.04. The molecule has 5 nitrogen and oxygen atoms in total. The van der Waals surface area contributed by atoms with Crippen LogP contribution in [0.3, 0.4) is 0 Å². The zero-order chi connectivity index (χ0) is 12.0. The van der Waals surface area contributed by atoms with Crippen LogP contribution >= 0.6 is 0 Å². The molecule has 0 saturated carbocycles. The van der Waals surface area contributed by atoms with Crippen LogP contribution in [0.4, 0.5) is 0 Å². The number of aryl methyl sites for hydroxylation is 1. The summed E-state index contributed by atoms with van der Waals surface area (Å²) < 4.78 is 5.19. The fraction of sp³-hybridized carbons (Fsp3) is 0.273. The van der Waals surface area contributed by atoms with E-state index in [1.54, 1.807) is 12.1 Å². The van der Waals surface area contributed by atoms with E-state index in [-0.39, 0.29) is 19.1 Å². The molecule has 0 unspecified atom stereocenters. The number of hydrogen-bond donors (Lipinski definition) is 2. The van der Waals surface area contributed by atoms with Crippen LogP contribution in [0, 0.1) is 6.92 Å². The first kappa shape index (κ1) is 12.0. The maximum Gasteiger partial charge on any atom is 0.258 e. The Bertz CT molecular complexity index is 373. The van der Waals surface area contributed by atoms with Crippen LogP contribution < -0.4 is 15.8 Å². The Labute approximate surface area is 93.6 Å². The van der Waals surface area contributed by atoms with E-state index >= 15 is 0 Å². The number of nitrogens with two attached hydrogens (primary N) is 1. The van der Waals surface area contributed by atoms with Gasteiger partial charge in [0.05, 0.1) is 6.54 Å². The summed E-state index contributed by atoms with van der Waals surface area (Å²) in [5.74, 6) is -0.345. The first-order valence-electron chi connectivity index (χ1n) is 4.82. The lowest BCUT2D eigenvalue weighted by atomic mass is 10.2. The number of carbonyl (C=O) groups is 2. The largest absolute Gasteiger partial charge is 0.484 e. The summed E-state index contributed by atoms with van der Waals surface area (Å²) in [7, 11) is 0. The zero-order valence-corrected chi connectivity index (χ0v) is 9.03. The summed E-state index contributed by atoms with van der Waals surface area (Å²) >= 11 is 0. The van der Waals surface area contributed by atoms with Crippen LogP contribution in [0.2, 0.25) is 0 Å². The van der Waals surface area contributed by atoms with Gasteiger partial charge in [0.25, 0.3) is 5.91 Å². The van der Waals surface area contributed by atoms with Gasteiger partial charge in [-0.25, -0.2) is 0 Å². The van der Waals surface area contributed by atoms with Crippen molar-refractivity contribution in [1.82, 2.24) is 5.32 Å². The van der Waals surface area contributed by atoms with E-state index in [4.69, 9.17) is 10.5 Å². The normalized spacial score (nSPS) is 9.56. The second-order valence-electron chi connectivity index (χ2n) is 3.34. The lowest BCUT2D eigenvalue weighted by molar-refractivity contribution is -0.126. The number of rotatable bonds is 5. The minimum absolute atomic E-state index is 0.129. The molecule has 0 heterocycles. The molecule has 1 rings (SSSR count). The van der Waals surface area contributed by atoms with Gasteiger partial charge in [-0.05, 0) is 19.1 Å². The third-order valence-corrected chi connectivity index (χ3v) is 1.85. The molecule has 0 spiro atoms. The Balaban J connectivity index is 2.31. The van der Waals surface area contributed by atoms with Gasteiger partial charge in [0.2, 0.25) is 5.91 Å². The lowest BCUT2D eigenvalue weighted by Gasteiger charge is -2.06. The highest BCUT2D eigenvalue weighted by molar-refractivity contribution is 5.84. The highest BCUT2D eigenvalue weighted by Gasteiger charge is 2.03. The molecule has 1 aromatic carbocycles. The number of primary amides is 1. The van der Waals surface area contributed by atoms with Gasteiger partial charge in [0, 0.05) is 0 Å². The van der Waals surface area contributed by atoms with E-state index in [9.17, 15) is 9.59 Å². The van der Waals surface area contributed by atoms with E-state index in [1.807, 2.05) is 19.1 Å². The SMILES string of the molecule is Cc1ccc(OCC(=O)NCC(N)=O)cc1. The monoisotopic (exact) mass is 222 g/mol. The van der Waals surface area contributed by atoms with Gasteiger partial charge in [0.15, 0.2) is 6.61 Å². The third kappa shape index (κ3) is 4.45. The van der Waals surface area contributed by atoms with Gasteiger partial charge < -0.3 is 15.8 Å². The Morgan fingerprint density at radius 3 is 2.50 bits per heavy atom. The summed E-state index contributed by atoms with van der Waals surface area (Å²) in [4.78, 5) is 21.5. The summed E-state index contributed by atoms with van der Waals surface area (Å²) in [6, 6.07) is 7.32. The van der Waals surface area contributed by atoms with Crippen LogP contribution in [-0.4, -0.2) is 25.0 Å². The van der Waals surface area contributed by atoms with Crippen molar-refractivity contribution in [3.05, 3.63) is 29.8 Å². The fourth-order valence-corrected chi connectivity index (χ4v) is 1.02. The van der Waals surface area contributed by atoms with E-state index in [0.29, 0.717) is 5.75 Å². The molecule has 2 amide bonds.